The number of likely N-dealkylation sites (tertiary alicyclic amines) is 1. The van der Waals surface area contributed by atoms with E-state index in [-0.39, 0.29) is 36.2 Å². The number of hydrogen-bond acceptors (Lipinski definition) is 6. The molecule has 2 aliphatic heterocycles. The van der Waals surface area contributed by atoms with Gasteiger partial charge in [0.2, 0.25) is 5.91 Å². The molecule has 2 aromatic carbocycles. The fourth-order valence-electron chi connectivity index (χ4n) is 3.89. The van der Waals surface area contributed by atoms with E-state index in [0.29, 0.717) is 11.3 Å². The Morgan fingerprint density at radius 1 is 0.900 bits per heavy atom. The predicted molar refractivity (Wildman–Crippen MR) is 109 cm³/mol. The molecule has 30 heavy (non-hydrogen) atoms. The molecule has 4 rings (SSSR count). The van der Waals surface area contributed by atoms with Gasteiger partial charge in [-0.05, 0) is 50.2 Å². The van der Waals surface area contributed by atoms with E-state index >= 15 is 0 Å². The Balaban J connectivity index is 1.39. The lowest BCUT2D eigenvalue weighted by Crippen LogP contribution is -2.40. The molecule has 2 fully saturated rings. The second-order valence-electron chi connectivity index (χ2n) is 7.44. The van der Waals surface area contributed by atoms with Crippen molar-refractivity contribution < 1.29 is 23.9 Å². The molecule has 0 bridgehead atoms. The number of nitrogens with zero attached hydrogens (tertiary/aromatic N) is 2. The average molecular weight is 406 g/mol. The van der Waals surface area contributed by atoms with Crippen molar-refractivity contribution in [3.05, 3.63) is 65.7 Å². The summed E-state index contributed by atoms with van der Waals surface area (Å²) in [4.78, 5) is 52.8. The standard InChI is InChI=1S/C23H22N2O5/c26-20(16-6-2-1-3-7-16)15-30-23(29)17-8-10-18(11-9-17)25-21(27)14-19(22(25)28)24-12-4-5-13-24/h1-3,6-11,19H,4-5,12-15H2. The normalized spacial score (nSPS) is 19.3. The molecule has 0 radical (unpaired) electrons. The maximum absolute atomic E-state index is 12.8. The summed E-state index contributed by atoms with van der Waals surface area (Å²) in [5.41, 5.74) is 1.15. The SMILES string of the molecule is O=C(COC(=O)c1ccc(N2C(=O)CC(N3CCCC3)C2=O)cc1)c1ccccc1. The number of amides is 2. The number of anilines is 1. The highest BCUT2D eigenvalue weighted by Crippen LogP contribution is 2.28. The van der Waals surface area contributed by atoms with Crippen LogP contribution >= 0.6 is 0 Å². The number of imide groups is 1. The Morgan fingerprint density at radius 3 is 2.23 bits per heavy atom. The molecular formula is C23H22N2O5. The van der Waals surface area contributed by atoms with Gasteiger partial charge < -0.3 is 4.74 Å². The maximum atomic E-state index is 12.8. The number of ketones is 1. The van der Waals surface area contributed by atoms with E-state index in [9.17, 15) is 19.2 Å². The molecule has 2 heterocycles. The van der Waals surface area contributed by atoms with Crippen LogP contribution in [0.2, 0.25) is 0 Å². The highest BCUT2D eigenvalue weighted by Gasteiger charge is 2.43. The zero-order valence-electron chi connectivity index (χ0n) is 16.5. The molecule has 0 spiro atoms. The fourth-order valence-corrected chi connectivity index (χ4v) is 3.89. The fraction of sp³-hybridized carbons (Fsp3) is 0.304. The first-order valence-electron chi connectivity index (χ1n) is 10.0. The summed E-state index contributed by atoms with van der Waals surface area (Å²) in [6.45, 7) is 1.32. The number of hydrogen-bond donors (Lipinski definition) is 0. The Labute approximate surface area is 174 Å². The largest absolute Gasteiger partial charge is 0.454 e. The third-order valence-electron chi connectivity index (χ3n) is 5.50. The Bertz CT molecular complexity index is 965. The highest BCUT2D eigenvalue weighted by molar-refractivity contribution is 6.22. The first kappa shape index (κ1) is 20.0. The van der Waals surface area contributed by atoms with Gasteiger partial charge >= 0.3 is 5.97 Å². The first-order chi connectivity index (χ1) is 14.5. The van der Waals surface area contributed by atoms with Crippen LogP contribution in [0.15, 0.2) is 54.6 Å². The topological polar surface area (TPSA) is 84.0 Å². The van der Waals surface area contributed by atoms with Gasteiger partial charge in [0.15, 0.2) is 12.4 Å². The molecule has 2 amide bonds. The van der Waals surface area contributed by atoms with E-state index in [1.54, 1.807) is 42.5 Å². The van der Waals surface area contributed by atoms with Crippen LogP contribution in [-0.4, -0.2) is 54.2 Å². The van der Waals surface area contributed by atoms with Gasteiger partial charge in [-0.25, -0.2) is 9.69 Å². The lowest BCUT2D eigenvalue weighted by Gasteiger charge is -2.21. The van der Waals surface area contributed by atoms with E-state index in [0.717, 1.165) is 25.9 Å². The molecule has 2 aromatic rings. The molecule has 1 unspecified atom stereocenters. The molecule has 2 saturated heterocycles. The van der Waals surface area contributed by atoms with Crippen molar-refractivity contribution in [2.24, 2.45) is 0 Å². The first-order valence-corrected chi connectivity index (χ1v) is 10.0. The maximum Gasteiger partial charge on any atom is 0.338 e. The minimum Gasteiger partial charge on any atom is -0.454 e. The van der Waals surface area contributed by atoms with Gasteiger partial charge in [0.05, 0.1) is 23.7 Å². The van der Waals surface area contributed by atoms with Crippen molar-refractivity contribution in [1.29, 1.82) is 0 Å². The van der Waals surface area contributed by atoms with Crippen LogP contribution in [0.1, 0.15) is 40.0 Å². The number of Topliss-reactive ketones (excluding diaryl/α,β-unsaturated/α-hetero) is 1. The van der Waals surface area contributed by atoms with Crippen molar-refractivity contribution in [2.75, 3.05) is 24.6 Å². The highest BCUT2D eigenvalue weighted by atomic mass is 16.5. The zero-order valence-corrected chi connectivity index (χ0v) is 16.5. The third-order valence-corrected chi connectivity index (χ3v) is 5.50. The summed E-state index contributed by atoms with van der Waals surface area (Å²) >= 11 is 0. The Kier molecular flexibility index (Phi) is 5.72. The van der Waals surface area contributed by atoms with Gasteiger partial charge in [-0.15, -0.1) is 0 Å². The second kappa shape index (κ2) is 8.59. The predicted octanol–water partition coefficient (Wildman–Crippen LogP) is 2.45. The lowest BCUT2D eigenvalue weighted by molar-refractivity contribution is -0.122. The minimum atomic E-state index is -0.639. The minimum absolute atomic E-state index is 0.185. The molecule has 7 heteroatoms. The molecule has 0 aliphatic carbocycles. The third kappa shape index (κ3) is 4.02. The summed E-state index contributed by atoms with van der Waals surface area (Å²) in [5, 5.41) is 0. The Hall–Kier alpha value is -3.32. The van der Waals surface area contributed by atoms with Gasteiger partial charge in [0, 0.05) is 5.56 Å². The number of carbonyl (C=O) groups is 4. The van der Waals surface area contributed by atoms with Gasteiger partial charge in [-0.2, -0.15) is 0 Å². The average Bonchev–Trinajstić information content (AvgIpc) is 3.40. The van der Waals surface area contributed by atoms with Crippen molar-refractivity contribution >= 4 is 29.3 Å². The van der Waals surface area contributed by atoms with Crippen molar-refractivity contribution in [2.45, 2.75) is 25.3 Å². The van der Waals surface area contributed by atoms with Crippen LogP contribution in [0.5, 0.6) is 0 Å². The van der Waals surface area contributed by atoms with Crippen LogP contribution in [0.3, 0.4) is 0 Å². The van der Waals surface area contributed by atoms with Crippen molar-refractivity contribution in [1.82, 2.24) is 4.90 Å². The number of carbonyl (C=O) groups excluding carboxylic acids is 4. The number of ether oxygens (including phenoxy) is 1. The van der Waals surface area contributed by atoms with E-state index < -0.39 is 12.0 Å². The number of esters is 1. The molecule has 0 aromatic heterocycles. The summed E-state index contributed by atoms with van der Waals surface area (Å²) in [6.07, 6.45) is 2.27. The van der Waals surface area contributed by atoms with Gasteiger partial charge in [-0.3, -0.25) is 19.3 Å². The molecule has 0 N–H and O–H groups in total. The monoisotopic (exact) mass is 406 g/mol. The van der Waals surface area contributed by atoms with Crippen LogP contribution in [0.25, 0.3) is 0 Å². The Morgan fingerprint density at radius 2 is 1.57 bits per heavy atom. The number of benzene rings is 2. The van der Waals surface area contributed by atoms with E-state index in [1.807, 2.05) is 0 Å². The smallest absolute Gasteiger partial charge is 0.338 e. The zero-order chi connectivity index (χ0) is 21.1. The van der Waals surface area contributed by atoms with Crippen molar-refractivity contribution in [3.63, 3.8) is 0 Å². The van der Waals surface area contributed by atoms with Gasteiger partial charge in [0.1, 0.15) is 0 Å². The number of rotatable bonds is 6. The molecule has 2 aliphatic rings. The second-order valence-corrected chi connectivity index (χ2v) is 7.44. The molecule has 154 valence electrons. The lowest BCUT2D eigenvalue weighted by atomic mass is 10.1. The molecular weight excluding hydrogens is 384 g/mol. The van der Waals surface area contributed by atoms with Gasteiger partial charge in [-0.1, -0.05) is 30.3 Å². The summed E-state index contributed by atoms with van der Waals surface area (Å²) in [7, 11) is 0. The van der Waals surface area contributed by atoms with E-state index in [4.69, 9.17) is 4.74 Å². The molecule has 1 atom stereocenters. The van der Waals surface area contributed by atoms with Crippen molar-refractivity contribution in [3.8, 4) is 0 Å². The molecule has 0 saturated carbocycles. The summed E-state index contributed by atoms with van der Waals surface area (Å²) in [6, 6.07) is 14.3. The van der Waals surface area contributed by atoms with E-state index in [1.165, 1.54) is 17.0 Å². The summed E-state index contributed by atoms with van der Waals surface area (Å²) < 4.78 is 5.09. The molecule has 7 nitrogen and oxygen atoms in total. The van der Waals surface area contributed by atoms with Crippen LogP contribution in [0.4, 0.5) is 5.69 Å². The quantitative estimate of drug-likeness (QED) is 0.416. The van der Waals surface area contributed by atoms with Crippen LogP contribution < -0.4 is 4.90 Å². The summed E-state index contributed by atoms with van der Waals surface area (Å²) in [5.74, 6) is -1.38. The van der Waals surface area contributed by atoms with Crippen LogP contribution in [0, 0.1) is 0 Å². The van der Waals surface area contributed by atoms with E-state index in [2.05, 4.69) is 4.90 Å². The van der Waals surface area contributed by atoms with Crippen LogP contribution in [-0.2, 0) is 14.3 Å². The van der Waals surface area contributed by atoms with Gasteiger partial charge in [0.25, 0.3) is 5.91 Å².